The summed E-state index contributed by atoms with van der Waals surface area (Å²) in [7, 11) is 0. The van der Waals surface area contributed by atoms with Crippen LogP contribution < -0.4 is 15.8 Å². The van der Waals surface area contributed by atoms with Gasteiger partial charge in [-0.2, -0.15) is 0 Å². The molecule has 1 fully saturated rings. The molecule has 6 nitrogen and oxygen atoms in total. The van der Waals surface area contributed by atoms with E-state index < -0.39 is 0 Å². The standard InChI is InChI=1S/C12H13Cl2N5OS.ClH/c1-6-4-15-2-3-19(6)11-7(13)12(20)18-10(17-11)8-9(14)16-5-21-8;/h5-6,15H,2-4H2,1H3,(H,17,18,20);1H/t6-;/m1./s1. The molecule has 2 aromatic rings. The number of H-pyrrole nitrogens is 1. The van der Waals surface area contributed by atoms with Crippen molar-refractivity contribution < 1.29 is 0 Å². The van der Waals surface area contributed by atoms with Gasteiger partial charge in [-0.25, -0.2) is 9.97 Å². The Morgan fingerprint density at radius 2 is 2.23 bits per heavy atom. The van der Waals surface area contributed by atoms with Crippen molar-refractivity contribution in [1.82, 2.24) is 20.3 Å². The van der Waals surface area contributed by atoms with Gasteiger partial charge in [0.15, 0.2) is 16.8 Å². The number of rotatable bonds is 2. The van der Waals surface area contributed by atoms with Gasteiger partial charge in [-0.3, -0.25) is 4.79 Å². The third-order valence-corrected chi connectivity index (χ3v) is 4.93. The fraction of sp³-hybridized carbons (Fsp3) is 0.417. The van der Waals surface area contributed by atoms with Crippen LogP contribution in [0.15, 0.2) is 10.3 Å². The largest absolute Gasteiger partial charge is 0.350 e. The van der Waals surface area contributed by atoms with Crippen LogP contribution in [0.1, 0.15) is 6.92 Å². The molecular formula is C12H14Cl3N5OS. The summed E-state index contributed by atoms with van der Waals surface area (Å²) in [5.74, 6) is 0.895. The predicted molar refractivity (Wildman–Crippen MR) is 92.9 cm³/mol. The molecule has 0 amide bonds. The van der Waals surface area contributed by atoms with Crippen molar-refractivity contribution >= 4 is 52.8 Å². The van der Waals surface area contributed by atoms with E-state index in [0.29, 0.717) is 21.7 Å². The van der Waals surface area contributed by atoms with Gasteiger partial charge in [0.2, 0.25) is 0 Å². The summed E-state index contributed by atoms with van der Waals surface area (Å²) in [6, 6.07) is 0.204. The number of piperazine rings is 1. The maximum atomic E-state index is 12.1. The molecule has 1 saturated heterocycles. The molecule has 0 bridgehead atoms. The SMILES string of the molecule is C[C@@H]1CNCCN1c1nc(-c2scnc2Cl)[nH]c(=O)c1Cl.Cl. The first-order valence-electron chi connectivity index (χ1n) is 6.44. The van der Waals surface area contributed by atoms with Crippen LogP contribution in [-0.2, 0) is 0 Å². The third-order valence-electron chi connectivity index (χ3n) is 3.36. The lowest BCUT2D eigenvalue weighted by Crippen LogP contribution is -2.50. The van der Waals surface area contributed by atoms with Crippen LogP contribution in [0.5, 0.6) is 0 Å². The van der Waals surface area contributed by atoms with Crippen LogP contribution >= 0.6 is 46.9 Å². The summed E-state index contributed by atoms with van der Waals surface area (Å²) in [5.41, 5.74) is 1.24. The number of thiazole rings is 1. The lowest BCUT2D eigenvalue weighted by atomic mass is 10.2. The van der Waals surface area contributed by atoms with Gasteiger partial charge in [0.25, 0.3) is 5.56 Å². The second kappa shape index (κ2) is 7.14. The average molecular weight is 383 g/mol. The zero-order valence-corrected chi connectivity index (χ0v) is 14.7. The van der Waals surface area contributed by atoms with Crippen molar-refractivity contribution in [3.05, 3.63) is 26.0 Å². The Balaban J connectivity index is 0.00000176. The molecule has 1 atom stereocenters. The number of hydrogen-bond acceptors (Lipinski definition) is 6. The zero-order valence-electron chi connectivity index (χ0n) is 11.6. The van der Waals surface area contributed by atoms with E-state index >= 15 is 0 Å². The molecule has 3 heterocycles. The highest BCUT2D eigenvalue weighted by Gasteiger charge is 2.24. The summed E-state index contributed by atoms with van der Waals surface area (Å²) >= 11 is 13.5. The second-order valence-electron chi connectivity index (χ2n) is 4.77. The second-order valence-corrected chi connectivity index (χ2v) is 6.36. The molecule has 22 heavy (non-hydrogen) atoms. The van der Waals surface area contributed by atoms with E-state index in [1.807, 2.05) is 4.90 Å². The van der Waals surface area contributed by atoms with Crippen molar-refractivity contribution in [2.75, 3.05) is 24.5 Å². The minimum absolute atomic E-state index is 0. The Hall–Kier alpha value is -0.860. The Kier molecular flexibility index (Phi) is 5.68. The molecule has 0 spiro atoms. The van der Waals surface area contributed by atoms with Crippen LogP contribution in [0.4, 0.5) is 5.82 Å². The minimum Gasteiger partial charge on any atom is -0.350 e. The molecule has 3 rings (SSSR count). The minimum atomic E-state index is -0.369. The summed E-state index contributed by atoms with van der Waals surface area (Å²) < 4.78 is 0. The van der Waals surface area contributed by atoms with Crippen molar-refractivity contribution in [2.45, 2.75) is 13.0 Å². The Labute approximate surface area is 147 Å². The zero-order chi connectivity index (χ0) is 15.0. The average Bonchev–Trinajstić information content (AvgIpc) is 2.89. The molecule has 1 aliphatic rings. The number of nitrogens with zero attached hydrogens (tertiary/aromatic N) is 3. The van der Waals surface area contributed by atoms with Gasteiger partial charge in [0.05, 0.1) is 5.51 Å². The number of hydrogen-bond donors (Lipinski definition) is 2. The van der Waals surface area contributed by atoms with E-state index in [-0.39, 0.29) is 29.0 Å². The van der Waals surface area contributed by atoms with Crippen molar-refractivity contribution in [1.29, 1.82) is 0 Å². The lowest BCUT2D eigenvalue weighted by Gasteiger charge is -2.35. The number of nitrogens with one attached hydrogen (secondary N) is 2. The number of aromatic amines is 1. The number of aromatic nitrogens is 3. The number of halogens is 3. The third kappa shape index (κ3) is 3.23. The fourth-order valence-electron chi connectivity index (χ4n) is 2.29. The maximum absolute atomic E-state index is 12.1. The van der Waals surface area contributed by atoms with Gasteiger partial charge < -0.3 is 15.2 Å². The normalized spacial score (nSPS) is 18.1. The quantitative estimate of drug-likeness (QED) is 0.834. The first-order chi connectivity index (χ1) is 10.1. The van der Waals surface area contributed by atoms with Crippen LogP contribution in [0.25, 0.3) is 10.7 Å². The van der Waals surface area contributed by atoms with Crippen LogP contribution in [0.3, 0.4) is 0 Å². The van der Waals surface area contributed by atoms with E-state index in [0.717, 1.165) is 19.6 Å². The van der Waals surface area contributed by atoms with Crippen molar-refractivity contribution in [2.24, 2.45) is 0 Å². The van der Waals surface area contributed by atoms with E-state index in [1.165, 1.54) is 11.3 Å². The molecule has 0 unspecified atom stereocenters. The highest BCUT2D eigenvalue weighted by atomic mass is 35.5. The van der Waals surface area contributed by atoms with Gasteiger partial charge in [-0.1, -0.05) is 23.2 Å². The maximum Gasteiger partial charge on any atom is 0.272 e. The van der Waals surface area contributed by atoms with Crippen molar-refractivity contribution in [3.8, 4) is 10.7 Å². The highest BCUT2D eigenvalue weighted by molar-refractivity contribution is 7.13. The Bertz CT molecular complexity index is 719. The number of anilines is 1. The van der Waals surface area contributed by atoms with E-state index in [2.05, 4.69) is 27.2 Å². The van der Waals surface area contributed by atoms with Gasteiger partial charge in [0.1, 0.15) is 9.90 Å². The molecule has 120 valence electrons. The van der Waals surface area contributed by atoms with Gasteiger partial charge >= 0.3 is 0 Å². The van der Waals surface area contributed by atoms with E-state index in [9.17, 15) is 4.79 Å². The molecule has 0 aliphatic carbocycles. The Morgan fingerprint density at radius 1 is 1.45 bits per heavy atom. The molecule has 1 aliphatic heterocycles. The summed E-state index contributed by atoms with van der Waals surface area (Å²) in [5, 5.41) is 3.72. The highest BCUT2D eigenvalue weighted by Crippen LogP contribution is 2.31. The van der Waals surface area contributed by atoms with E-state index in [4.69, 9.17) is 23.2 Å². The van der Waals surface area contributed by atoms with Gasteiger partial charge in [0, 0.05) is 25.7 Å². The van der Waals surface area contributed by atoms with Crippen LogP contribution in [0.2, 0.25) is 10.2 Å². The molecule has 2 N–H and O–H groups in total. The summed E-state index contributed by atoms with van der Waals surface area (Å²) in [4.78, 5) is 25.9. The molecule has 2 aromatic heterocycles. The topological polar surface area (TPSA) is 73.9 Å². The summed E-state index contributed by atoms with van der Waals surface area (Å²) in [6.07, 6.45) is 0. The first kappa shape index (κ1) is 17.5. The summed E-state index contributed by atoms with van der Waals surface area (Å²) in [6.45, 7) is 4.45. The van der Waals surface area contributed by atoms with E-state index in [1.54, 1.807) is 5.51 Å². The van der Waals surface area contributed by atoms with Gasteiger partial charge in [-0.15, -0.1) is 23.7 Å². The van der Waals surface area contributed by atoms with Crippen LogP contribution in [0, 0.1) is 0 Å². The Morgan fingerprint density at radius 3 is 2.86 bits per heavy atom. The lowest BCUT2D eigenvalue weighted by molar-refractivity contribution is 0.497. The molecule has 0 radical (unpaired) electrons. The monoisotopic (exact) mass is 381 g/mol. The molecule has 0 saturated carbocycles. The fourth-order valence-corrected chi connectivity index (χ4v) is 3.44. The molecular weight excluding hydrogens is 369 g/mol. The predicted octanol–water partition coefficient (Wildman–Crippen LogP) is 2.42. The molecule has 0 aromatic carbocycles. The molecule has 10 heteroatoms. The smallest absolute Gasteiger partial charge is 0.272 e. The first-order valence-corrected chi connectivity index (χ1v) is 8.08. The van der Waals surface area contributed by atoms with Crippen LogP contribution in [-0.4, -0.2) is 40.6 Å². The van der Waals surface area contributed by atoms with Gasteiger partial charge in [-0.05, 0) is 6.92 Å². The van der Waals surface area contributed by atoms with Crippen molar-refractivity contribution in [3.63, 3.8) is 0 Å².